The van der Waals surface area contributed by atoms with E-state index < -0.39 is 26.6 Å². The zero-order chi connectivity index (χ0) is 14.9. The number of aromatic amines is 1. The van der Waals surface area contributed by atoms with Gasteiger partial charge in [-0.15, -0.1) is 0 Å². The van der Waals surface area contributed by atoms with Crippen molar-refractivity contribution in [1.82, 2.24) is 10.2 Å². The summed E-state index contributed by atoms with van der Waals surface area (Å²) in [5, 5.41) is 6.19. The summed E-state index contributed by atoms with van der Waals surface area (Å²) < 4.78 is 53.0. The molecule has 0 radical (unpaired) electrons. The second kappa shape index (κ2) is 5.49. The van der Waals surface area contributed by atoms with Crippen LogP contribution in [0.4, 0.5) is 14.6 Å². The molecule has 0 spiro atoms. The maximum atomic E-state index is 13.7. The fourth-order valence-electron chi connectivity index (χ4n) is 1.64. The quantitative estimate of drug-likeness (QED) is 0.874. The molecule has 2 N–H and O–H groups in total. The van der Waals surface area contributed by atoms with Gasteiger partial charge in [-0.2, -0.15) is 5.10 Å². The fourth-order valence-corrected chi connectivity index (χ4v) is 3.86. The highest BCUT2D eigenvalue weighted by Gasteiger charge is 2.25. The van der Waals surface area contributed by atoms with Crippen LogP contribution in [0.3, 0.4) is 0 Å². The molecule has 0 bridgehead atoms. The summed E-state index contributed by atoms with van der Waals surface area (Å²) in [6.45, 7) is 1.82. The van der Waals surface area contributed by atoms with Crippen LogP contribution in [0.1, 0.15) is 12.5 Å². The van der Waals surface area contributed by atoms with Gasteiger partial charge in [-0.25, -0.2) is 17.2 Å². The smallest absolute Gasteiger partial charge is 0.263 e. The summed E-state index contributed by atoms with van der Waals surface area (Å²) in [5.74, 6) is -1.89. The Labute approximate surface area is 122 Å². The molecule has 0 saturated carbocycles. The van der Waals surface area contributed by atoms with Crippen molar-refractivity contribution in [2.75, 3.05) is 4.72 Å². The van der Waals surface area contributed by atoms with E-state index in [0.29, 0.717) is 18.1 Å². The maximum absolute atomic E-state index is 13.7. The molecule has 0 atom stereocenters. The summed E-state index contributed by atoms with van der Waals surface area (Å²) >= 11 is 2.85. The van der Waals surface area contributed by atoms with E-state index >= 15 is 0 Å². The number of benzene rings is 1. The third-order valence-electron chi connectivity index (χ3n) is 2.57. The second-order valence-corrected chi connectivity index (χ2v) is 6.40. The monoisotopic (exact) mass is 365 g/mol. The molecule has 108 valence electrons. The zero-order valence-corrected chi connectivity index (χ0v) is 12.6. The van der Waals surface area contributed by atoms with Crippen molar-refractivity contribution in [3.63, 3.8) is 0 Å². The lowest BCUT2D eigenvalue weighted by molar-refractivity contribution is 0.548. The third kappa shape index (κ3) is 2.83. The molecule has 0 aliphatic carbocycles. The molecule has 1 heterocycles. The lowest BCUT2D eigenvalue weighted by atomic mass is 10.3. The molecular weight excluding hydrogens is 356 g/mol. The lowest BCUT2D eigenvalue weighted by Crippen LogP contribution is -2.16. The molecule has 2 rings (SSSR count). The maximum Gasteiger partial charge on any atom is 0.267 e. The second-order valence-electron chi connectivity index (χ2n) is 3.93. The van der Waals surface area contributed by atoms with Crippen LogP contribution in [0, 0.1) is 11.6 Å². The Morgan fingerprint density at radius 1 is 1.40 bits per heavy atom. The Kier molecular flexibility index (Phi) is 4.09. The van der Waals surface area contributed by atoms with E-state index in [4.69, 9.17) is 0 Å². The zero-order valence-electron chi connectivity index (χ0n) is 10.2. The first kappa shape index (κ1) is 14.9. The molecule has 0 saturated heterocycles. The average molecular weight is 366 g/mol. The topological polar surface area (TPSA) is 74.8 Å². The number of nitrogens with one attached hydrogen (secondary N) is 2. The summed E-state index contributed by atoms with van der Waals surface area (Å²) in [6.07, 6.45) is 2.01. The lowest BCUT2D eigenvalue weighted by Gasteiger charge is -2.10. The molecule has 9 heteroatoms. The van der Waals surface area contributed by atoms with Crippen molar-refractivity contribution in [2.24, 2.45) is 0 Å². The number of hydrogen-bond acceptors (Lipinski definition) is 3. The minimum atomic E-state index is -4.20. The highest BCUT2D eigenvalue weighted by Crippen LogP contribution is 2.28. The molecule has 5 nitrogen and oxygen atoms in total. The van der Waals surface area contributed by atoms with Gasteiger partial charge in [0.25, 0.3) is 10.0 Å². The van der Waals surface area contributed by atoms with Gasteiger partial charge in [-0.3, -0.25) is 9.82 Å². The Bertz CT molecular complexity index is 723. The van der Waals surface area contributed by atoms with Crippen LogP contribution in [0.2, 0.25) is 0 Å². The van der Waals surface area contributed by atoms with E-state index in [2.05, 4.69) is 30.8 Å². The van der Waals surface area contributed by atoms with Crippen LogP contribution >= 0.6 is 15.9 Å². The predicted molar refractivity (Wildman–Crippen MR) is 72.8 cm³/mol. The van der Waals surface area contributed by atoms with E-state index in [1.807, 2.05) is 6.92 Å². The number of anilines is 1. The SMILES string of the molecule is CCc1cn[nH]c1NS(=O)(=O)c1c(F)cc(F)cc1Br. The van der Waals surface area contributed by atoms with Gasteiger partial charge < -0.3 is 0 Å². The van der Waals surface area contributed by atoms with Crippen LogP contribution in [0.15, 0.2) is 27.7 Å². The Balaban J connectivity index is 2.46. The van der Waals surface area contributed by atoms with Crippen LogP contribution in [-0.2, 0) is 16.4 Å². The van der Waals surface area contributed by atoms with E-state index in [1.54, 1.807) is 0 Å². The Morgan fingerprint density at radius 3 is 2.70 bits per heavy atom. The normalized spacial score (nSPS) is 11.6. The standard InChI is InChI=1S/C11H10BrF2N3O2S/c1-2-6-5-15-16-11(6)17-20(18,19)10-8(12)3-7(13)4-9(10)14/h3-5H,2H2,1H3,(H2,15,16,17). The Hall–Kier alpha value is -1.48. The van der Waals surface area contributed by atoms with E-state index in [9.17, 15) is 17.2 Å². The van der Waals surface area contributed by atoms with Crippen molar-refractivity contribution < 1.29 is 17.2 Å². The number of H-pyrrole nitrogens is 1. The van der Waals surface area contributed by atoms with Gasteiger partial charge in [0.15, 0.2) is 0 Å². The van der Waals surface area contributed by atoms with Crippen molar-refractivity contribution in [3.8, 4) is 0 Å². The number of hydrogen-bond donors (Lipinski definition) is 2. The van der Waals surface area contributed by atoms with Crippen LogP contribution in [0.25, 0.3) is 0 Å². The number of nitrogens with zero attached hydrogens (tertiary/aromatic N) is 1. The summed E-state index contributed by atoms with van der Waals surface area (Å²) in [6, 6.07) is 1.39. The van der Waals surface area contributed by atoms with Crippen LogP contribution in [-0.4, -0.2) is 18.6 Å². The molecular formula is C11H10BrF2N3O2S. The minimum absolute atomic E-state index is 0.156. The number of halogens is 3. The van der Waals surface area contributed by atoms with Gasteiger partial charge in [0.2, 0.25) is 0 Å². The molecule has 20 heavy (non-hydrogen) atoms. The fraction of sp³-hybridized carbons (Fsp3) is 0.182. The first-order chi connectivity index (χ1) is 9.35. The number of aryl methyl sites for hydroxylation is 1. The van der Waals surface area contributed by atoms with Gasteiger partial charge in [-0.1, -0.05) is 6.92 Å². The molecule has 0 amide bonds. The average Bonchev–Trinajstić information content (AvgIpc) is 2.73. The van der Waals surface area contributed by atoms with Crippen molar-refractivity contribution in [2.45, 2.75) is 18.2 Å². The molecule has 2 aromatic rings. The van der Waals surface area contributed by atoms with Gasteiger partial charge in [0.1, 0.15) is 22.3 Å². The van der Waals surface area contributed by atoms with Crippen molar-refractivity contribution >= 4 is 31.8 Å². The summed E-state index contributed by atoms with van der Waals surface area (Å²) in [4.78, 5) is -0.657. The number of rotatable bonds is 4. The van der Waals surface area contributed by atoms with Crippen LogP contribution < -0.4 is 4.72 Å². The van der Waals surface area contributed by atoms with Gasteiger partial charge >= 0.3 is 0 Å². The molecule has 1 aromatic carbocycles. The first-order valence-corrected chi connectivity index (χ1v) is 7.82. The summed E-state index contributed by atoms with van der Waals surface area (Å²) in [5.41, 5.74) is 0.632. The third-order valence-corrected chi connectivity index (χ3v) is 4.88. The summed E-state index contributed by atoms with van der Waals surface area (Å²) in [7, 11) is -4.20. The Morgan fingerprint density at radius 2 is 2.10 bits per heavy atom. The van der Waals surface area contributed by atoms with E-state index in [1.165, 1.54) is 6.20 Å². The molecule has 1 aromatic heterocycles. The van der Waals surface area contributed by atoms with Crippen LogP contribution in [0.5, 0.6) is 0 Å². The first-order valence-electron chi connectivity index (χ1n) is 5.54. The van der Waals surface area contributed by atoms with Crippen molar-refractivity contribution in [3.05, 3.63) is 40.0 Å². The molecule has 0 unspecified atom stereocenters. The van der Waals surface area contributed by atoms with E-state index in [-0.39, 0.29) is 10.3 Å². The highest BCUT2D eigenvalue weighted by molar-refractivity contribution is 9.10. The molecule has 0 aliphatic heterocycles. The van der Waals surface area contributed by atoms with Gasteiger partial charge in [0.05, 0.1) is 6.20 Å². The molecule has 0 fully saturated rings. The van der Waals surface area contributed by atoms with E-state index in [0.717, 1.165) is 6.07 Å². The van der Waals surface area contributed by atoms with Gasteiger partial charge in [0, 0.05) is 16.1 Å². The largest absolute Gasteiger partial charge is 0.267 e. The highest BCUT2D eigenvalue weighted by atomic mass is 79.9. The number of aromatic nitrogens is 2. The molecule has 0 aliphatic rings. The van der Waals surface area contributed by atoms with Crippen molar-refractivity contribution in [1.29, 1.82) is 0 Å². The van der Waals surface area contributed by atoms with Gasteiger partial charge in [-0.05, 0) is 28.4 Å². The predicted octanol–water partition coefficient (Wildman–Crippen LogP) is 2.81. The minimum Gasteiger partial charge on any atom is -0.263 e. The number of sulfonamides is 1.